The molecular weight excluding hydrogens is 212 g/mol. The van der Waals surface area contributed by atoms with Gasteiger partial charge in [0.25, 0.3) is 0 Å². The maximum absolute atomic E-state index is 11.5. The number of carbonyl (C=O) groups is 3. The van der Waals surface area contributed by atoms with Gasteiger partial charge in [0.1, 0.15) is 6.29 Å². The Morgan fingerprint density at radius 2 is 2.06 bits per heavy atom. The topological polar surface area (TPSA) is 69.7 Å². The largest absolute Gasteiger partial charge is 0.469 e. The second-order valence-corrected chi connectivity index (χ2v) is 3.94. The Morgan fingerprint density at radius 3 is 2.44 bits per heavy atom. The lowest BCUT2D eigenvalue weighted by Crippen LogP contribution is -2.30. The number of carbonyl (C=O) groups excluding carboxylic acids is 3. The van der Waals surface area contributed by atoms with Gasteiger partial charge in [0.2, 0.25) is 0 Å². The highest BCUT2D eigenvalue weighted by molar-refractivity contribution is 5.85. The van der Waals surface area contributed by atoms with Gasteiger partial charge in [-0.15, -0.1) is 0 Å². The Kier molecular flexibility index (Phi) is 4.04. The molecule has 0 spiro atoms. The van der Waals surface area contributed by atoms with E-state index in [0.717, 1.165) is 6.29 Å². The molecule has 1 unspecified atom stereocenters. The summed E-state index contributed by atoms with van der Waals surface area (Å²) in [5.74, 6) is -1.68. The van der Waals surface area contributed by atoms with Crippen LogP contribution in [0.15, 0.2) is 0 Å². The van der Waals surface area contributed by atoms with Crippen molar-refractivity contribution in [3.63, 3.8) is 0 Å². The van der Waals surface area contributed by atoms with Gasteiger partial charge in [0.05, 0.1) is 26.1 Å². The predicted octanol–water partition coefficient (Wildman–Crippen LogP) is 0.708. The molecule has 0 aliphatic heterocycles. The Hall–Kier alpha value is -1.39. The van der Waals surface area contributed by atoms with Gasteiger partial charge in [-0.3, -0.25) is 9.59 Å². The monoisotopic (exact) mass is 228 g/mol. The van der Waals surface area contributed by atoms with Crippen LogP contribution in [-0.4, -0.2) is 31.9 Å². The maximum atomic E-state index is 11.5. The van der Waals surface area contributed by atoms with Crippen molar-refractivity contribution in [2.45, 2.75) is 26.2 Å². The molecule has 1 atom stereocenters. The van der Waals surface area contributed by atoms with Crippen molar-refractivity contribution in [3.05, 3.63) is 0 Å². The third-order valence-electron chi connectivity index (χ3n) is 2.92. The molecule has 0 aromatic heterocycles. The quantitative estimate of drug-likeness (QED) is 0.494. The Bertz CT molecular complexity index is 293. The molecule has 16 heavy (non-hydrogen) atoms. The number of esters is 2. The number of aldehydes is 1. The van der Waals surface area contributed by atoms with Crippen LogP contribution in [0.4, 0.5) is 0 Å². The summed E-state index contributed by atoms with van der Waals surface area (Å²) in [5.41, 5.74) is -0.695. The van der Waals surface area contributed by atoms with Crippen molar-refractivity contribution in [1.29, 1.82) is 0 Å². The minimum absolute atomic E-state index is 0.0841. The maximum Gasteiger partial charge on any atom is 0.310 e. The van der Waals surface area contributed by atoms with Crippen LogP contribution < -0.4 is 0 Å². The van der Waals surface area contributed by atoms with Crippen LogP contribution in [0.3, 0.4) is 0 Å². The second-order valence-electron chi connectivity index (χ2n) is 3.94. The molecule has 0 bridgehead atoms. The lowest BCUT2D eigenvalue weighted by Gasteiger charge is -2.18. The van der Waals surface area contributed by atoms with E-state index in [4.69, 9.17) is 4.74 Å². The molecule has 1 rings (SSSR count). The average molecular weight is 228 g/mol. The molecular formula is C11H16O5. The molecule has 0 aromatic rings. The SMILES string of the molecule is CCOC(=O)CC(C(=O)OC)C1(C=O)CC1. The minimum Gasteiger partial charge on any atom is -0.469 e. The molecule has 1 aliphatic carbocycles. The van der Waals surface area contributed by atoms with Crippen molar-refractivity contribution in [3.8, 4) is 0 Å². The summed E-state index contributed by atoms with van der Waals surface area (Å²) in [6, 6.07) is 0. The molecule has 0 amide bonds. The fraction of sp³-hybridized carbons (Fsp3) is 0.727. The lowest BCUT2D eigenvalue weighted by atomic mass is 9.87. The van der Waals surface area contributed by atoms with Crippen LogP contribution in [0.5, 0.6) is 0 Å². The van der Waals surface area contributed by atoms with Gasteiger partial charge in [-0.1, -0.05) is 0 Å². The van der Waals surface area contributed by atoms with Gasteiger partial charge in [0, 0.05) is 5.41 Å². The summed E-state index contributed by atoms with van der Waals surface area (Å²) in [4.78, 5) is 33.8. The minimum atomic E-state index is -0.700. The molecule has 0 saturated heterocycles. The first kappa shape index (κ1) is 12.7. The van der Waals surface area contributed by atoms with E-state index < -0.39 is 23.3 Å². The van der Waals surface area contributed by atoms with E-state index in [9.17, 15) is 14.4 Å². The predicted molar refractivity (Wildman–Crippen MR) is 54.5 cm³/mol. The van der Waals surface area contributed by atoms with Gasteiger partial charge in [0.15, 0.2) is 0 Å². The number of rotatable bonds is 6. The van der Waals surface area contributed by atoms with Crippen molar-refractivity contribution >= 4 is 18.2 Å². The van der Waals surface area contributed by atoms with Crippen LogP contribution >= 0.6 is 0 Å². The highest BCUT2D eigenvalue weighted by atomic mass is 16.5. The molecule has 5 heteroatoms. The number of hydrogen-bond acceptors (Lipinski definition) is 5. The van der Waals surface area contributed by atoms with Gasteiger partial charge in [-0.2, -0.15) is 0 Å². The van der Waals surface area contributed by atoms with E-state index in [2.05, 4.69) is 4.74 Å². The first-order valence-corrected chi connectivity index (χ1v) is 5.29. The molecule has 1 saturated carbocycles. The van der Waals surface area contributed by atoms with Crippen LogP contribution in [0, 0.1) is 11.3 Å². The summed E-state index contributed by atoms with van der Waals surface area (Å²) >= 11 is 0. The molecule has 0 N–H and O–H groups in total. The molecule has 1 fully saturated rings. The number of ether oxygens (including phenoxy) is 2. The summed E-state index contributed by atoms with van der Waals surface area (Å²) in [6.07, 6.45) is 1.94. The fourth-order valence-corrected chi connectivity index (χ4v) is 1.74. The van der Waals surface area contributed by atoms with Crippen molar-refractivity contribution in [2.24, 2.45) is 11.3 Å². The first-order chi connectivity index (χ1) is 7.59. The summed E-state index contributed by atoms with van der Waals surface area (Å²) < 4.78 is 9.39. The zero-order chi connectivity index (χ0) is 12.2. The molecule has 0 heterocycles. The lowest BCUT2D eigenvalue weighted by molar-refractivity contribution is -0.156. The second kappa shape index (κ2) is 5.09. The summed E-state index contributed by atoms with van der Waals surface area (Å²) in [7, 11) is 1.25. The number of methoxy groups -OCH3 is 1. The van der Waals surface area contributed by atoms with E-state index in [1.54, 1.807) is 6.92 Å². The smallest absolute Gasteiger partial charge is 0.310 e. The molecule has 0 aromatic carbocycles. The molecule has 5 nitrogen and oxygen atoms in total. The third-order valence-corrected chi connectivity index (χ3v) is 2.92. The highest BCUT2D eigenvalue weighted by Crippen LogP contribution is 2.51. The van der Waals surface area contributed by atoms with Crippen LogP contribution in [0.1, 0.15) is 26.2 Å². The van der Waals surface area contributed by atoms with Crippen molar-refractivity contribution in [2.75, 3.05) is 13.7 Å². The molecule has 90 valence electrons. The van der Waals surface area contributed by atoms with Crippen LogP contribution in [0.25, 0.3) is 0 Å². The third kappa shape index (κ3) is 2.59. The molecule has 0 radical (unpaired) electrons. The van der Waals surface area contributed by atoms with Crippen LogP contribution in [0.2, 0.25) is 0 Å². The summed E-state index contributed by atoms with van der Waals surface area (Å²) in [6.45, 7) is 1.96. The zero-order valence-electron chi connectivity index (χ0n) is 9.52. The van der Waals surface area contributed by atoms with Gasteiger partial charge in [-0.25, -0.2) is 0 Å². The Balaban J connectivity index is 2.69. The normalized spacial score (nSPS) is 18.4. The fourth-order valence-electron chi connectivity index (χ4n) is 1.74. The highest BCUT2D eigenvalue weighted by Gasteiger charge is 2.53. The van der Waals surface area contributed by atoms with Gasteiger partial charge in [-0.05, 0) is 19.8 Å². The zero-order valence-corrected chi connectivity index (χ0v) is 9.52. The summed E-state index contributed by atoms with van der Waals surface area (Å²) in [5, 5.41) is 0. The van der Waals surface area contributed by atoms with Gasteiger partial charge >= 0.3 is 11.9 Å². The Morgan fingerprint density at radius 1 is 1.44 bits per heavy atom. The van der Waals surface area contributed by atoms with E-state index in [1.165, 1.54) is 7.11 Å². The van der Waals surface area contributed by atoms with Crippen molar-refractivity contribution < 1.29 is 23.9 Å². The Labute approximate surface area is 94.1 Å². The van der Waals surface area contributed by atoms with E-state index in [0.29, 0.717) is 12.8 Å². The van der Waals surface area contributed by atoms with Gasteiger partial charge < -0.3 is 14.3 Å². The van der Waals surface area contributed by atoms with E-state index >= 15 is 0 Å². The first-order valence-electron chi connectivity index (χ1n) is 5.29. The average Bonchev–Trinajstić information content (AvgIpc) is 3.06. The van der Waals surface area contributed by atoms with E-state index in [-0.39, 0.29) is 13.0 Å². The van der Waals surface area contributed by atoms with Crippen molar-refractivity contribution in [1.82, 2.24) is 0 Å². The molecule has 1 aliphatic rings. The standard InChI is InChI=1S/C11H16O5/c1-3-16-9(13)6-8(10(14)15-2)11(7-12)4-5-11/h7-8H,3-6H2,1-2H3. The van der Waals surface area contributed by atoms with Crippen LogP contribution in [-0.2, 0) is 23.9 Å². The number of hydrogen-bond donors (Lipinski definition) is 0. The van der Waals surface area contributed by atoms with E-state index in [1.807, 2.05) is 0 Å².